The van der Waals surface area contributed by atoms with Gasteiger partial charge < -0.3 is 15.7 Å². The Bertz CT molecular complexity index is 257. The molecule has 4 heteroatoms. The molecule has 16 heavy (non-hydrogen) atoms. The summed E-state index contributed by atoms with van der Waals surface area (Å²) in [6.45, 7) is 2.97. The van der Waals surface area contributed by atoms with Crippen LogP contribution in [0.4, 0.5) is 0 Å². The standard InChI is InChI=1S/C12H22N2O2/c1-8-9(6-7-13-8)12(16)14-10-4-2-3-5-11(10)15/h8-11,13,15H,2-7H2,1H3,(H,14,16)/t8?,9?,10-,11-/m1/s1. The Labute approximate surface area is 96.8 Å². The molecular formula is C12H22N2O2. The lowest BCUT2D eigenvalue weighted by Crippen LogP contribution is -2.48. The van der Waals surface area contributed by atoms with Gasteiger partial charge in [0.25, 0.3) is 0 Å². The van der Waals surface area contributed by atoms with Gasteiger partial charge in [-0.1, -0.05) is 12.8 Å². The van der Waals surface area contributed by atoms with E-state index in [9.17, 15) is 9.90 Å². The highest BCUT2D eigenvalue weighted by Gasteiger charge is 2.32. The lowest BCUT2D eigenvalue weighted by Gasteiger charge is -2.29. The van der Waals surface area contributed by atoms with Crippen LogP contribution in [0.15, 0.2) is 0 Å². The molecule has 2 unspecified atom stereocenters. The van der Waals surface area contributed by atoms with Gasteiger partial charge in [0.1, 0.15) is 0 Å². The average Bonchev–Trinajstić information content (AvgIpc) is 2.68. The van der Waals surface area contributed by atoms with E-state index in [0.29, 0.717) is 0 Å². The fourth-order valence-electron chi connectivity index (χ4n) is 2.79. The van der Waals surface area contributed by atoms with Crippen LogP contribution >= 0.6 is 0 Å². The first-order valence-electron chi connectivity index (χ1n) is 6.40. The maximum absolute atomic E-state index is 12.0. The summed E-state index contributed by atoms with van der Waals surface area (Å²) in [5.74, 6) is 0.192. The molecule has 92 valence electrons. The van der Waals surface area contributed by atoms with Gasteiger partial charge in [0.05, 0.1) is 18.1 Å². The van der Waals surface area contributed by atoms with E-state index in [1.54, 1.807) is 0 Å². The smallest absolute Gasteiger partial charge is 0.225 e. The summed E-state index contributed by atoms with van der Waals surface area (Å²) < 4.78 is 0. The van der Waals surface area contributed by atoms with Crippen LogP contribution in [0.5, 0.6) is 0 Å². The van der Waals surface area contributed by atoms with Crippen molar-refractivity contribution in [3.63, 3.8) is 0 Å². The van der Waals surface area contributed by atoms with Crippen molar-refractivity contribution in [1.82, 2.24) is 10.6 Å². The Morgan fingerprint density at radius 1 is 1.31 bits per heavy atom. The predicted molar refractivity (Wildman–Crippen MR) is 62.0 cm³/mol. The van der Waals surface area contributed by atoms with Crippen LogP contribution in [0, 0.1) is 5.92 Å². The van der Waals surface area contributed by atoms with Gasteiger partial charge >= 0.3 is 0 Å². The van der Waals surface area contributed by atoms with E-state index in [1.807, 2.05) is 0 Å². The molecule has 4 nitrogen and oxygen atoms in total. The van der Waals surface area contributed by atoms with Crippen LogP contribution in [0.25, 0.3) is 0 Å². The number of hydrogen-bond acceptors (Lipinski definition) is 3. The van der Waals surface area contributed by atoms with Gasteiger partial charge in [-0.2, -0.15) is 0 Å². The minimum absolute atomic E-state index is 0.0194. The monoisotopic (exact) mass is 226 g/mol. The van der Waals surface area contributed by atoms with Crippen LogP contribution in [0.1, 0.15) is 39.0 Å². The summed E-state index contributed by atoms with van der Waals surface area (Å²) >= 11 is 0. The van der Waals surface area contributed by atoms with E-state index in [0.717, 1.165) is 38.6 Å². The number of amides is 1. The van der Waals surface area contributed by atoms with E-state index >= 15 is 0 Å². The van der Waals surface area contributed by atoms with Crippen molar-refractivity contribution in [2.45, 2.75) is 57.2 Å². The third kappa shape index (κ3) is 2.55. The molecule has 1 aliphatic carbocycles. The summed E-state index contributed by atoms with van der Waals surface area (Å²) in [6, 6.07) is 0.245. The number of carbonyl (C=O) groups is 1. The van der Waals surface area contributed by atoms with Gasteiger partial charge in [0.2, 0.25) is 5.91 Å². The molecular weight excluding hydrogens is 204 g/mol. The Kier molecular flexibility index (Phi) is 3.82. The topological polar surface area (TPSA) is 61.4 Å². The van der Waals surface area contributed by atoms with E-state index in [4.69, 9.17) is 0 Å². The van der Waals surface area contributed by atoms with Gasteiger partial charge in [0.15, 0.2) is 0 Å². The molecule has 0 bridgehead atoms. The maximum atomic E-state index is 12.0. The van der Waals surface area contributed by atoms with Gasteiger partial charge in [-0.25, -0.2) is 0 Å². The predicted octanol–water partition coefficient (Wildman–Crippen LogP) is 0.404. The lowest BCUT2D eigenvalue weighted by molar-refractivity contribution is -0.127. The Morgan fingerprint density at radius 2 is 2.06 bits per heavy atom. The van der Waals surface area contributed by atoms with Crippen molar-refractivity contribution in [2.75, 3.05) is 6.54 Å². The minimum atomic E-state index is -0.345. The highest BCUT2D eigenvalue weighted by atomic mass is 16.3. The van der Waals surface area contributed by atoms with Crippen molar-refractivity contribution >= 4 is 5.91 Å². The third-order valence-corrected chi connectivity index (χ3v) is 3.92. The van der Waals surface area contributed by atoms with Gasteiger partial charge in [-0.05, 0) is 32.7 Å². The summed E-state index contributed by atoms with van der Waals surface area (Å²) in [6.07, 6.45) is 4.50. The molecule has 0 radical (unpaired) electrons. The van der Waals surface area contributed by atoms with Crippen molar-refractivity contribution in [1.29, 1.82) is 0 Å². The van der Waals surface area contributed by atoms with E-state index < -0.39 is 0 Å². The fourth-order valence-corrected chi connectivity index (χ4v) is 2.79. The summed E-state index contributed by atoms with van der Waals surface area (Å²) in [7, 11) is 0. The zero-order valence-corrected chi connectivity index (χ0v) is 9.91. The quantitative estimate of drug-likeness (QED) is 0.639. The second-order valence-corrected chi connectivity index (χ2v) is 5.10. The molecule has 0 aromatic rings. The zero-order valence-electron chi connectivity index (χ0n) is 9.91. The molecule has 2 aliphatic rings. The molecule has 4 atom stereocenters. The molecule has 3 N–H and O–H groups in total. The number of aliphatic hydroxyl groups is 1. The molecule has 1 amide bonds. The van der Waals surface area contributed by atoms with Crippen LogP contribution in [0.3, 0.4) is 0 Å². The van der Waals surface area contributed by atoms with Gasteiger partial charge in [-0.3, -0.25) is 4.79 Å². The first-order valence-corrected chi connectivity index (χ1v) is 6.40. The van der Waals surface area contributed by atoms with Gasteiger partial charge in [-0.15, -0.1) is 0 Å². The highest BCUT2D eigenvalue weighted by Crippen LogP contribution is 2.20. The average molecular weight is 226 g/mol. The second kappa shape index (κ2) is 5.15. The maximum Gasteiger partial charge on any atom is 0.225 e. The first-order chi connectivity index (χ1) is 7.68. The van der Waals surface area contributed by atoms with Crippen molar-refractivity contribution in [3.8, 4) is 0 Å². The zero-order chi connectivity index (χ0) is 11.5. The SMILES string of the molecule is CC1NCCC1C(=O)N[C@@H]1CCCC[C@H]1O. The Balaban J connectivity index is 1.86. The number of carbonyl (C=O) groups excluding carboxylic acids is 1. The van der Waals surface area contributed by atoms with Crippen LogP contribution < -0.4 is 10.6 Å². The molecule has 0 spiro atoms. The number of rotatable bonds is 2. The van der Waals surface area contributed by atoms with Gasteiger partial charge in [0, 0.05) is 6.04 Å². The van der Waals surface area contributed by atoms with Crippen molar-refractivity contribution in [2.24, 2.45) is 5.92 Å². The summed E-state index contributed by atoms with van der Waals surface area (Å²) in [5, 5.41) is 16.1. The van der Waals surface area contributed by atoms with Crippen molar-refractivity contribution in [3.05, 3.63) is 0 Å². The minimum Gasteiger partial charge on any atom is -0.391 e. The second-order valence-electron chi connectivity index (χ2n) is 5.10. The number of aliphatic hydroxyl groups excluding tert-OH is 1. The fraction of sp³-hybridized carbons (Fsp3) is 0.917. The van der Waals surface area contributed by atoms with Crippen LogP contribution in [0.2, 0.25) is 0 Å². The largest absolute Gasteiger partial charge is 0.391 e. The normalized spacial score (nSPS) is 39.6. The molecule has 0 aromatic carbocycles. The molecule has 1 saturated carbocycles. The van der Waals surface area contributed by atoms with Crippen molar-refractivity contribution < 1.29 is 9.90 Å². The van der Waals surface area contributed by atoms with E-state index in [2.05, 4.69) is 17.6 Å². The van der Waals surface area contributed by atoms with E-state index in [1.165, 1.54) is 0 Å². The van der Waals surface area contributed by atoms with Crippen LogP contribution in [-0.4, -0.2) is 35.7 Å². The Hall–Kier alpha value is -0.610. The van der Waals surface area contributed by atoms with E-state index in [-0.39, 0.29) is 30.0 Å². The summed E-state index contributed by atoms with van der Waals surface area (Å²) in [5.41, 5.74) is 0. The molecule has 0 aromatic heterocycles. The highest BCUT2D eigenvalue weighted by molar-refractivity contribution is 5.80. The number of nitrogens with one attached hydrogen (secondary N) is 2. The lowest BCUT2D eigenvalue weighted by atomic mass is 9.91. The van der Waals surface area contributed by atoms with Crippen LogP contribution in [-0.2, 0) is 4.79 Å². The third-order valence-electron chi connectivity index (χ3n) is 3.92. The summed E-state index contributed by atoms with van der Waals surface area (Å²) in [4.78, 5) is 12.0. The molecule has 2 rings (SSSR count). The molecule has 1 heterocycles. The first kappa shape index (κ1) is 11.9. The molecule has 2 fully saturated rings. The Morgan fingerprint density at radius 3 is 2.69 bits per heavy atom. The number of hydrogen-bond donors (Lipinski definition) is 3. The molecule has 1 saturated heterocycles. The molecule has 1 aliphatic heterocycles.